The molecular weight excluding hydrogens is 431 g/mol. The fourth-order valence-electron chi connectivity index (χ4n) is 4.43. The lowest BCUT2D eigenvalue weighted by molar-refractivity contribution is -0.139. The van der Waals surface area contributed by atoms with Gasteiger partial charge in [-0.3, -0.25) is 4.79 Å². The molecule has 1 amide bonds. The topological polar surface area (TPSA) is 66.9 Å². The number of hydrogen-bond donors (Lipinski definition) is 0. The first-order valence-corrected chi connectivity index (χ1v) is 12.6. The van der Waals surface area contributed by atoms with E-state index in [2.05, 4.69) is 0 Å². The fourth-order valence-corrected chi connectivity index (χ4v) is 5.90. The summed E-state index contributed by atoms with van der Waals surface area (Å²) in [5.41, 5.74) is 1.06. The lowest BCUT2D eigenvalue weighted by Crippen LogP contribution is -2.45. The molecule has 0 bridgehead atoms. The van der Waals surface area contributed by atoms with Crippen molar-refractivity contribution in [2.75, 3.05) is 26.2 Å². The Bertz CT molecular complexity index is 1000. The number of carbonyl (C=O) groups excluding carboxylic acids is 1. The number of rotatable bonds is 7. The second-order valence-corrected chi connectivity index (χ2v) is 10.4. The van der Waals surface area contributed by atoms with Crippen molar-refractivity contribution in [3.05, 3.63) is 66.0 Å². The van der Waals surface area contributed by atoms with Crippen molar-refractivity contribution in [3.8, 4) is 0 Å². The molecule has 0 radical (unpaired) electrons. The highest BCUT2D eigenvalue weighted by Crippen LogP contribution is 2.26. The average molecular weight is 461 g/mol. The van der Waals surface area contributed by atoms with Crippen LogP contribution in [-0.2, 0) is 26.1 Å². The van der Waals surface area contributed by atoms with Gasteiger partial charge >= 0.3 is 0 Å². The number of ether oxygens (including phenoxy) is 1. The van der Waals surface area contributed by atoms with Gasteiger partial charge in [0.2, 0.25) is 15.9 Å². The van der Waals surface area contributed by atoms with E-state index in [-0.39, 0.29) is 35.9 Å². The Balaban J connectivity index is 1.41. The van der Waals surface area contributed by atoms with Crippen LogP contribution < -0.4 is 0 Å². The number of halogens is 1. The Morgan fingerprint density at radius 2 is 1.72 bits per heavy atom. The van der Waals surface area contributed by atoms with Gasteiger partial charge < -0.3 is 9.64 Å². The van der Waals surface area contributed by atoms with Gasteiger partial charge in [0.25, 0.3) is 0 Å². The third kappa shape index (κ3) is 5.36. The van der Waals surface area contributed by atoms with Gasteiger partial charge in [-0.1, -0.05) is 30.3 Å². The van der Waals surface area contributed by atoms with Gasteiger partial charge in [0.05, 0.1) is 11.0 Å². The molecule has 2 fully saturated rings. The first kappa shape index (κ1) is 22.9. The summed E-state index contributed by atoms with van der Waals surface area (Å²) >= 11 is 0. The van der Waals surface area contributed by atoms with Crippen molar-refractivity contribution in [1.29, 1.82) is 0 Å². The number of piperidine rings is 1. The van der Waals surface area contributed by atoms with Crippen LogP contribution >= 0.6 is 0 Å². The lowest BCUT2D eigenvalue weighted by Gasteiger charge is -2.34. The summed E-state index contributed by atoms with van der Waals surface area (Å²) in [4.78, 5) is 15.4. The Kier molecular flexibility index (Phi) is 7.23. The zero-order chi connectivity index (χ0) is 22.6. The maximum absolute atomic E-state index is 13.4. The molecule has 0 aliphatic carbocycles. The van der Waals surface area contributed by atoms with Gasteiger partial charge in [-0.25, -0.2) is 12.8 Å². The highest BCUT2D eigenvalue weighted by Gasteiger charge is 2.34. The molecule has 32 heavy (non-hydrogen) atoms. The van der Waals surface area contributed by atoms with Gasteiger partial charge in [-0.15, -0.1) is 0 Å². The minimum absolute atomic E-state index is 0.0570. The quantitative estimate of drug-likeness (QED) is 0.635. The third-order valence-electron chi connectivity index (χ3n) is 6.23. The van der Waals surface area contributed by atoms with Crippen LogP contribution in [0, 0.1) is 11.7 Å². The summed E-state index contributed by atoms with van der Waals surface area (Å²) in [5.74, 6) is -0.638. The molecule has 0 saturated carbocycles. The smallest absolute Gasteiger partial charge is 0.243 e. The van der Waals surface area contributed by atoms with E-state index in [4.69, 9.17) is 4.74 Å². The number of nitrogens with zero attached hydrogens (tertiary/aromatic N) is 2. The number of sulfonamides is 1. The maximum Gasteiger partial charge on any atom is 0.243 e. The van der Waals surface area contributed by atoms with Crippen LogP contribution in [0.4, 0.5) is 4.39 Å². The van der Waals surface area contributed by atoms with Crippen LogP contribution in [0.25, 0.3) is 0 Å². The van der Waals surface area contributed by atoms with Crippen molar-refractivity contribution in [2.24, 2.45) is 5.92 Å². The van der Waals surface area contributed by atoms with E-state index in [1.807, 2.05) is 35.2 Å². The van der Waals surface area contributed by atoms with Crippen molar-refractivity contribution in [1.82, 2.24) is 9.21 Å². The van der Waals surface area contributed by atoms with Crippen LogP contribution in [0.5, 0.6) is 0 Å². The SMILES string of the molecule is O=C(C1CCN(S(=O)(=O)c2ccc(F)cc2)CC1)N(Cc1ccccc1)CC1CCCO1. The van der Waals surface area contributed by atoms with Gasteiger partial charge in [0.1, 0.15) is 5.82 Å². The van der Waals surface area contributed by atoms with Crippen molar-refractivity contribution in [3.63, 3.8) is 0 Å². The Morgan fingerprint density at radius 1 is 1.03 bits per heavy atom. The van der Waals surface area contributed by atoms with Gasteiger partial charge in [-0.2, -0.15) is 4.31 Å². The van der Waals surface area contributed by atoms with Gasteiger partial charge in [0, 0.05) is 38.7 Å². The molecule has 2 aromatic rings. The molecule has 2 heterocycles. The minimum Gasteiger partial charge on any atom is -0.376 e. The monoisotopic (exact) mass is 460 g/mol. The molecule has 2 aromatic carbocycles. The average Bonchev–Trinajstić information content (AvgIpc) is 3.32. The predicted molar refractivity (Wildman–Crippen MR) is 119 cm³/mol. The highest BCUT2D eigenvalue weighted by atomic mass is 32.2. The summed E-state index contributed by atoms with van der Waals surface area (Å²) in [6.45, 7) is 2.36. The highest BCUT2D eigenvalue weighted by molar-refractivity contribution is 7.89. The van der Waals surface area contributed by atoms with E-state index in [1.54, 1.807) is 0 Å². The van der Waals surface area contributed by atoms with Crippen LogP contribution in [-0.4, -0.2) is 55.9 Å². The van der Waals surface area contributed by atoms with Crippen molar-refractivity contribution in [2.45, 2.75) is 43.2 Å². The lowest BCUT2D eigenvalue weighted by atomic mass is 9.96. The summed E-state index contributed by atoms with van der Waals surface area (Å²) in [6.07, 6.45) is 2.96. The molecular formula is C24H29FN2O4S. The maximum atomic E-state index is 13.4. The molecule has 0 N–H and O–H groups in total. The largest absolute Gasteiger partial charge is 0.376 e. The summed E-state index contributed by atoms with van der Waals surface area (Å²) in [7, 11) is -3.69. The molecule has 2 aliphatic heterocycles. The molecule has 2 aliphatic rings. The first-order valence-electron chi connectivity index (χ1n) is 11.1. The fraction of sp³-hybridized carbons (Fsp3) is 0.458. The third-order valence-corrected chi connectivity index (χ3v) is 8.14. The van der Waals surface area contributed by atoms with E-state index in [9.17, 15) is 17.6 Å². The van der Waals surface area contributed by atoms with E-state index >= 15 is 0 Å². The van der Waals surface area contributed by atoms with E-state index in [0.717, 1.165) is 37.1 Å². The molecule has 0 aromatic heterocycles. The van der Waals surface area contributed by atoms with Crippen molar-refractivity contribution >= 4 is 15.9 Å². The van der Waals surface area contributed by atoms with Crippen LogP contribution in [0.15, 0.2) is 59.5 Å². The molecule has 6 nitrogen and oxygen atoms in total. The van der Waals surface area contributed by atoms with Crippen molar-refractivity contribution < 1.29 is 22.3 Å². The van der Waals surface area contributed by atoms with Crippen LogP contribution in [0.2, 0.25) is 0 Å². The van der Waals surface area contributed by atoms with E-state index in [0.29, 0.717) is 25.9 Å². The van der Waals surface area contributed by atoms with Crippen LogP contribution in [0.3, 0.4) is 0 Å². The molecule has 0 spiro atoms. The molecule has 4 rings (SSSR count). The van der Waals surface area contributed by atoms with Gasteiger partial charge in [-0.05, 0) is 55.5 Å². The number of carbonyl (C=O) groups is 1. The number of benzene rings is 2. The Hall–Kier alpha value is -2.29. The van der Waals surface area contributed by atoms with E-state index in [1.165, 1.54) is 16.4 Å². The summed E-state index contributed by atoms with van der Waals surface area (Å²) < 4.78 is 46.1. The number of amides is 1. The normalized spacial score (nSPS) is 20.3. The molecule has 172 valence electrons. The molecule has 8 heteroatoms. The molecule has 1 atom stereocenters. The zero-order valence-corrected chi connectivity index (χ0v) is 18.8. The van der Waals surface area contributed by atoms with Crippen LogP contribution in [0.1, 0.15) is 31.2 Å². The Morgan fingerprint density at radius 3 is 2.34 bits per heavy atom. The number of hydrogen-bond acceptors (Lipinski definition) is 4. The second-order valence-electron chi connectivity index (χ2n) is 8.47. The summed E-state index contributed by atoms with van der Waals surface area (Å²) in [6, 6.07) is 14.8. The summed E-state index contributed by atoms with van der Waals surface area (Å²) in [5, 5.41) is 0. The molecule has 1 unspecified atom stereocenters. The van der Waals surface area contributed by atoms with E-state index < -0.39 is 15.8 Å². The first-order chi connectivity index (χ1) is 15.4. The molecule has 2 saturated heterocycles. The predicted octanol–water partition coefficient (Wildman–Crippen LogP) is 3.43. The standard InChI is InChI=1S/C24H29FN2O4S/c25-21-8-10-23(11-9-21)32(29,30)27-14-12-20(13-15-27)24(28)26(18-22-7-4-16-31-22)17-19-5-2-1-3-6-19/h1-3,5-6,8-11,20,22H,4,7,12-18H2. The second kappa shape index (κ2) is 10.1. The Labute approximate surface area is 189 Å². The van der Waals surface area contributed by atoms with Gasteiger partial charge in [0.15, 0.2) is 0 Å². The minimum atomic E-state index is -3.69. The zero-order valence-electron chi connectivity index (χ0n) is 18.0.